The second kappa shape index (κ2) is 7.53. The van der Waals surface area contributed by atoms with Crippen LogP contribution in [0.2, 0.25) is 0 Å². The van der Waals surface area contributed by atoms with Gasteiger partial charge in [-0.3, -0.25) is 4.79 Å². The smallest absolute Gasteiger partial charge is 0.246 e. The SMILES string of the molecule is CC(C)CC(C)(CN)NC(=O)C(C)n1nnc(-c2ccccc2)n1. The molecule has 0 spiro atoms. The van der Waals surface area contributed by atoms with Crippen molar-refractivity contribution in [3.8, 4) is 11.4 Å². The number of amides is 1. The van der Waals surface area contributed by atoms with Gasteiger partial charge in [0.25, 0.3) is 0 Å². The molecule has 0 saturated carbocycles. The molecule has 0 radical (unpaired) electrons. The Bertz CT molecular complexity index is 669. The molecule has 0 saturated heterocycles. The predicted molar refractivity (Wildman–Crippen MR) is 93.0 cm³/mol. The first-order chi connectivity index (χ1) is 11.3. The molecule has 2 aromatic rings. The van der Waals surface area contributed by atoms with Crippen molar-refractivity contribution in [1.29, 1.82) is 0 Å². The molecule has 24 heavy (non-hydrogen) atoms. The average molecular weight is 330 g/mol. The van der Waals surface area contributed by atoms with Crippen molar-refractivity contribution < 1.29 is 4.79 Å². The molecule has 1 aromatic heterocycles. The highest BCUT2D eigenvalue weighted by molar-refractivity contribution is 5.80. The van der Waals surface area contributed by atoms with Gasteiger partial charge in [-0.1, -0.05) is 44.2 Å². The number of carbonyl (C=O) groups excluding carboxylic acids is 1. The van der Waals surface area contributed by atoms with Crippen LogP contribution in [-0.4, -0.2) is 38.2 Å². The lowest BCUT2D eigenvalue weighted by Gasteiger charge is -2.32. The van der Waals surface area contributed by atoms with E-state index in [0.717, 1.165) is 12.0 Å². The number of aromatic nitrogens is 4. The molecule has 1 heterocycles. The summed E-state index contributed by atoms with van der Waals surface area (Å²) in [6.07, 6.45) is 0.808. The van der Waals surface area contributed by atoms with Crippen molar-refractivity contribution >= 4 is 5.91 Å². The van der Waals surface area contributed by atoms with Crippen LogP contribution in [-0.2, 0) is 4.79 Å². The third-order valence-electron chi connectivity index (χ3n) is 3.92. The fourth-order valence-electron chi connectivity index (χ4n) is 2.69. The highest BCUT2D eigenvalue weighted by Gasteiger charge is 2.29. The Hall–Kier alpha value is -2.28. The van der Waals surface area contributed by atoms with Crippen LogP contribution in [0.15, 0.2) is 30.3 Å². The van der Waals surface area contributed by atoms with Crippen LogP contribution in [0.3, 0.4) is 0 Å². The minimum absolute atomic E-state index is 0.166. The zero-order valence-electron chi connectivity index (χ0n) is 14.7. The third kappa shape index (κ3) is 4.38. The number of tetrazole rings is 1. The zero-order valence-corrected chi connectivity index (χ0v) is 14.7. The van der Waals surface area contributed by atoms with Crippen molar-refractivity contribution in [3.63, 3.8) is 0 Å². The summed E-state index contributed by atoms with van der Waals surface area (Å²) in [5.41, 5.74) is 6.28. The average Bonchev–Trinajstić information content (AvgIpc) is 3.04. The van der Waals surface area contributed by atoms with Gasteiger partial charge in [0.05, 0.1) is 0 Å². The molecule has 1 amide bonds. The Balaban J connectivity index is 2.10. The van der Waals surface area contributed by atoms with E-state index < -0.39 is 11.6 Å². The second-order valence-electron chi connectivity index (χ2n) is 6.83. The van der Waals surface area contributed by atoms with E-state index in [-0.39, 0.29) is 5.91 Å². The van der Waals surface area contributed by atoms with E-state index in [2.05, 4.69) is 34.6 Å². The Morgan fingerprint density at radius 1 is 1.29 bits per heavy atom. The van der Waals surface area contributed by atoms with E-state index in [4.69, 9.17) is 5.73 Å². The van der Waals surface area contributed by atoms with Crippen molar-refractivity contribution in [2.45, 2.75) is 45.7 Å². The van der Waals surface area contributed by atoms with Gasteiger partial charge in [-0.2, -0.15) is 4.80 Å². The van der Waals surface area contributed by atoms with Gasteiger partial charge in [0.1, 0.15) is 6.04 Å². The van der Waals surface area contributed by atoms with E-state index >= 15 is 0 Å². The van der Waals surface area contributed by atoms with Gasteiger partial charge >= 0.3 is 0 Å². The summed E-state index contributed by atoms with van der Waals surface area (Å²) < 4.78 is 0. The van der Waals surface area contributed by atoms with Crippen molar-refractivity contribution in [3.05, 3.63) is 30.3 Å². The maximum Gasteiger partial charge on any atom is 0.246 e. The van der Waals surface area contributed by atoms with Gasteiger partial charge in [-0.25, -0.2) is 0 Å². The van der Waals surface area contributed by atoms with Gasteiger partial charge in [-0.15, -0.1) is 10.2 Å². The first-order valence-corrected chi connectivity index (χ1v) is 8.21. The molecule has 0 aliphatic carbocycles. The molecule has 0 aliphatic heterocycles. The molecule has 7 heteroatoms. The molecule has 2 atom stereocenters. The summed E-state index contributed by atoms with van der Waals surface area (Å²) in [5.74, 6) is 0.767. The van der Waals surface area contributed by atoms with Crippen molar-refractivity contribution in [1.82, 2.24) is 25.5 Å². The van der Waals surface area contributed by atoms with Gasteiger partial charge in [0.15, 0.2) is 0 Å². The van der Waals surface area contributed by atoms with Gasteiger partial charge in [-0.05, 0) is 31.4 Å². The standard InChI is InChI=1S/C17H26N6O/c1-12(2)10-17(4,11-18)19-16(24)13(3)23-21-15(20-22-23)14-8-6-5-7-9-14/h5-9,12-13H,10-11,18H2,1-4H3,(H,19,24). The maximum absolute atomic E-state index is 12.5. The monoisotopic (exact) mass is 330 g/mol. The third-order valence-corrected chi connectivity index (χ3v) is 3.92. The predicted octanol–water partition coefficient (Wildman–Crippen LogP) is 1.78. The highest BCUT2D eigenvalue weighted by atomic mass is 16.2. The summed E-state index contributed by atoms with van der Waals surface area (Å²) in [4.78, 5) is 13.9. The molecular formula is C17H26N6O. The minimum atomic E-state index is -0.562. The van der Waals surface area contributed by atoms with Crippen LogP contribution in [0.25, 0.3) is 11.4 Å². The molecule has 130 valence electrons. The molecule has 2 unspecified atom stereocenters. The summed E-state index contributed by atoms with van der Waals surface area (Å²) in [5, 5.41) is 15.4. The lowest BCUT2D eigenvalue weighted by molar-refractivity contribution is -0.126. The lowest BCUT2D eigenvalue weighted by Crippen LogP contribution is -2.53. The fourth-order valence-corrected chi connectivity index (χ4v) is 2.69. The molecule has 7 nitrogen and oxygen atoms in total. The number of hydrogen-bond acceptors (Lipinski definition) is 5. The first-order valence-electron chi connectivity index (χ1n) is 8.21. The summed E-state index contributed by atoms with van der Waals surface area (Å²) in [6.45, 7) is 8.30. The number of hydrogen-bond donors (Lipinski definition) is 2. The summed E-state index contributed by atoms with van der Waals surface area (Å²) in [7, 11) is 0. The van der Waals surface area contributed by atoms with E-state index in [9.17, 15) is 4.79 Å². The topological polar surface area (TPSA) is 98.7 Å². The Labute approximate surface area is 142 Å². The second-order valence-corrected chi connectivity index (χ2v) is 6.83. The number of rotatable bonds is 7. The van der Waals surface area contributed by atoms with Crippen molar-refractivity contribution in [2.24, 2.45) is 11.7 Å². The van der Waals surface area contributed by atoms with Crippen LogP contribution in [0.5, 0.6) is 0 Å². The molecule has 2 rings (SSSR count). The molecule has 3 N–H and O–H groups in total. The van der Waals surface area contributed by atoms with Gasteiger partial charge in [0.2, 0.25) is 11.7 Å². The Morgan fingerprint density at radius 2 is 1.96 bits per heavy atom. The Kier molecular flexibility index (Phi) is 5.66. The first kappa shape index (κ1) is 18.1. The van der Waals surface area contributed by atoms with Gasteiger partial charge in [0, 0.05) is 17.6 Å². The van der Waals surface area contributed by atoms with E-state index in [1.165, 1.54) is 4.80 Å². The van der Waals surface area contributed by atoms with E-state index in [0.29, 0.717) is 18.3 Å². The zero-order chi connectivity index (χ0) is 17.7. The molecular weight excluding hydrogens is 304 g/mol. The van der Waals surface area contributed by atoms with Crippen LogP contribution in [0, 0.1) is 5.92 Å². The van der Waals surface area contributed by atoms with Gasteiger partial charge < -0.3 is 11.1 Å². The van der Waals surface area contributed by atoms with E-state index in [1.807, 2.05) is 37.3 Å². The normalized spacial score (nSPS) is 15.1. The van der Waals surface area contributed by atoms with Crippen LogP contribution in [0.1, 0.15) is 40.2 Å². The number of benzene rings is 1. The van der Waals surface area contributed by atoms with Crippen molar-refractivity contribution in [2.75, 3.05) is 6.54 Å². The Morgan fingerprint density at radius 3 is 2.54 bits per heavy atom. The maximum atomic E-state index is 12.5. The van der Waals surface area contributed by atoms with Crippen LogP contribution < -0.4 is 11.1 Å². The largest absolute Gasteiger partial charge is 0.348 e. The van der Waals surface area contributed by atoms with Crippen LogP contribution in [0.4, 0.5) is 0 Å². The molecule has 0 bridgehead atoms. The van der Waals surface area contributed by atoms with Crippen LogP contribution >= 0.6 is 0 Å². The minimum Gasteiger partial charge on any atom is -0.348 e. The van der Waals surface area contributed by atoms with E-state index in [1.54, 1.807) is 6.92 Å². The quantitative estimate of drug-likeness (QED) is 0.806. The number of nitrogens with zero attached hydrogens (tertiary/aromatic N) is 4. The number of carbonyl (C=O) groups is 1. The molecule has 0 aliphatic rings. The lowest BCUT2D eigenvalue weighted by atomic mass is 9.90. The molecule has 0 fully saturated rings. The number of nitrogens with two attached hydrogens (primary N) is 1. The summed E-state index contributed by atoms with van der Waals surface area (Å²) in [6, 6.07) is 8.98. The highest BCUT2D eigenvalue weighted by Crippen LogP contribution is 2.17. The summed E-state index contributed by atoms with van der Waals surface area (Å²) >= 11 is 0. The fraction of sp³-hybridized carbons (Fsp3) is 0.529. The number of nitrogens with one attached hydrogen (secondary N) is 1. The molecule has 1 aromatic carbocycles.